The highest BCUT2D eigenvalue weighted by molar-refractivity contribution is 7.14. The van der Waals surface area contributed by atoms with E-state index in [1.165, 1.54) is 0 Å². The van der Waals surface area contributed by atoms with E-state index in [4.69, 9.17) is 21.6 Å². The molecule has 0 radical (unpaired) electrons. The third-order valence-electron chi connectivity index (χ3n) is 4.65. The molecule has 1 aliphatic rings. The van der Waals surface area contributed by atoms with Gasteiger partial charge in [-0.15, -0.1) is 11.3 Å². The van der Waals surface area contributed by atoms with Crippen LogP contribution in [0, 0.1) is 0 Å². The topological polar surface area (TPSA) is 58.9 Å². The van der Waals surface area contributed by atoms with Gasteiger partial charge in [-0.3, -0.25) is 9.55 Å². The number of pyridine rings is 1. The fraction of sp³-hybridized carbons (Fsp3) is 0.211. The minimum atomic E-state index is 0.706. The van der Waals surface area contributed by atoms with Crippen LogP contribution in [0.3, 0.4) is 0 Å². The molecule has 1 N–H and O–H groups in total. The van der Waals surface area contributed by atoms with Gasteiger partial charge in [-0.1, -0.05) is 11.6 Å². The van der Waals surface area contributed by atoms with E-state index < -0.39 is 0 Å². The van der Waals surface area contributed by atoms with Gasteiger partial charge < -0.3 is 10.2 Å². The van der Waals surface area contributed by atoms with Crippen LogP contribution in [-0.4, -0.2) is 45.7 Å². The lowest BCUT2D eigenvalue weighted by Gasteiger charge is -2.26. The molecule has 5 rings (SSSR count). The van der Waals surface area contributed by atoms with Gasteiger partial charge in [0.25, 0.3) is 0 Å². The number of hydrogen-bond donors (Lipinski definition) is 1. The molecule has 8 heteroatoms. The summed E-state index contributed by atoms with van der Waals surface area (Å²) in [5.74, 6) is 0.818. The third kappa shape index (κ3) is 3.07. The molecule has 4 heterocycles. The number of nitrogens with zero attached hydrogens (tertiary/aromatic N) is 5. The average Bonchev–Trinajstić information content (AvgIpc) is 3.34. The lowest BCUT2D eigenvalue weighted by molar-refractivity contribution is 0.588. The Morgan fingerprint density at radius 2 is 1.85 bits per heavy atom. The fourth-order valence-corrected chi connectivity index (χ4v) is 4.30. The Balaban J connectivity index is 1.64. The van der Waals surface area contributed by atoms with Crippen LogP contribution in [0.25, 0.3) is 28.2 Å². The number of imidazole rings is 1. The summed E-state index contributed by atoms with van der Waals surface area (Å²) in [6.45, 7) is 3.93. The van der Waals surface area contributed by atoms with Crippen LogP contribution in [0.1, 0.15) is 0 Å². The molecular weight excluding hydrogens is 380 g/mol. The van der Waals surface area contributed by atoms with Crippen molar-refractivity contribution in [2.45, 2.75) is 0 Å². The molecule has 27 heavy (non-hydrogen) atoms. The second-order valence-corrected chi connectivity index (χ2v) is 7.64. The first-order valence-corrected chi connectivity index (χ1v) is 10.1. The van der Waals surface area contributed by atoms with Crippen LogP contribution >= 0.6 is 22.9 Å². The first-order valence-electron chi connectivity index (χ1n) is 8.79. The van der Waals surface area contributed by atoms with E-state index in [2.05, 4.69) is 25.1 Å². The van der Waals surface area contributed by atoms with E-state index in [0.717, 1.165) is 59.5 Å². The Kier molecular flexibility index (Phi) is 4.27. The molecule has 0 aliphatic carbocycles. The molecule has 0 unspecified atom stereocenters. The lowest BCUT2D eigenvalue weighted by Crippen LogP contribution is -2.43. The van der Waals surface area contributed by atoms with Crippen molar-refractivity contribution in [1.29, 1.82) is 0 Å². The summed E-state index contributed by atoms with van der Waals surface area (Å²) in [6.07, 6.45) is 3.60. The first kappa shape index (κ1) is 16.7. The van der Waals surface area contributed by atoms with Crippen molar-refractivity contribution in [3.63, 3.8) is 0 Å². The van der Waals surface area contributed by atoms with Gasteiger partial charge in [0.2, 0.25) is 0 Å². The zero-order valence-corrected chi connectivity index (χ0v) is 16.0. The summed E-state index contributed by atoms with van der Waals surface area (Å²) >= 11 is 7.74. The van der Waals surface area contributed by atoms with Crippen molar-refractivity contribution >= 4 is 39.1 Å². The van der Waals surface area contributed by atoms with Crippen molar-refractivity contribution in [3.05, 3.63) is 53.1 Å². The number of nitrogens with one attached hydrogen (secondary N) is 1. The molecule has 1 aliphatic heterocycles. The Hall–Kier alpha value is -2.48. The normalized spacial score (nSPS) is 14.8. The smallest absolute Gasteiger partial charge is 0.186 e. The Morgan fingerprint density at radius 1 is 1.04 bits per heavy atom. The predicted molar refractivity (Wildman–Crippen MR) is 110 cm³/mol. The number of hydrogen-bond acceptors (Lipinski definition) is 6. The Bertz CT molecular complexity index is 1080. The van der Waals surface area contributed by atoms with E-state index in [0.29, 0.717) is 5.02 Å². The number of halogens is 1. The van der Waals surface area contributed by atoms with E-state index >= 15 is 0 Å². The Morgan fingerprint density at radius 3 is 2.67 bits per heavy atom. The minimum absolute atomic E-state index is 0.706. The van der Waals surface area contributed by atoms with Gasteiger partial charge in [0.05, 0.1) is 17.2 Å². The van der Waals surface area contributed by atoms with Gasteiger partial charge in [0.15, 0.2) is 11.0 Å². The van der Waals surface area contributed by atoms with Crippen molar-refractivity contribution in [1.82, 2.24) is 24.8 Å². The highest BCUT2D eigenvalue weighted by atomic mass is 35.5. The van der Waals surface area contributed by atoms with E-state index in [9.17, 15) is 0 Å². The van der Waals surface area contributed by atoms with Crippen molar-refractivity contribution in [2.75, 3.05) is 31.1 Å². The number of benzene rings is 1. The maximum absolute atomic E-state index is 6.08. The number of piperazine rings is 1. The second kappa shape index (κ2) is 6.92. The van der Waals surface area contributed by atoms with Crippen molar-refractivity contribution < 1.29 is 0 Å². The van der Waals surface area contributed by atoms with E-state index in [1.807, 2.05) is 36.5 Å². The predicted octanol–water partition coefficient (Wildman–Crippen LogP) is 3.61. The number of rotatable bonds is 3. The summed E-state index contributed by atoms with van der Waals surface area (Å²) < 4.78 is 2.09. The molecule has 136 valence electrons. The molecule has 1 aromatic carbocycles. The van der Waals surface area contributed by atoms with E-state index in [1.54, 1.807) is 17.5 Å². The van der Waals surface area contributed by atoms with E-state index in [-0.39, 0.29) is 0 Å². The summed E-state index contributed by atoms with van der Waals surface area (Å²) in [6, 6.07) is 9.67. The monoisotopic (exact) mass is 396 g/mol. The van der Waals surface area contributed by atoms with Crippen LogP contribution in [0.4, 0.5) is 5.13 Å². The van der Waals surface area contributed by atoms with Crippen LogP contribution in [0.5, 0.6) is 0 Å². The molecule has 1 saturated heterocycles. The van der Waals surface area contributed by atoms with Crippen molar-refractivity contribution in [3.8, 4) is 17.2 Å². The van der Waals surface area contributed by atoms with Crippen LogP contribution in [0.15, 0.2) is 48.1 Å². The number of aromatic nitrogens is 4. The van der Waals surface area contributed by atoms with Gasteiger partial charge in [-0.25, -0.2) is 9.97 Å². The SMILES string of the molecule is Clc1ccc(-n2c(-c3csc(N4CCNCC4)n3)nc3ccncc32)cc1. The molecule has 0 amide bonds. The van der Waals surface area contributed by atoms with Crippen molar-refractivity contribution in [2.24, 2.45) is 0 Å². The molecule has 0 saturated carbocycles. The lowest BCUT2D eigenvalue weighted by atomic mass is 10.3. The van der Waals surface area contributed by atoms with Gasteiger partial charge in [0.1, 0.15) is 5.69 Å². The molecule has 0 bridgehead atoms. The Labute approximate surface area is 165 Å². The molecule has 4 aromatic rings. The molecule has 1 fully saturated rings. The average molecular weight is 397 g/mol. The molecule has 0 atom stereocenters. The number of thiazole rings is 1. The van der Waals surface area contributed by atoms with Gasteiger partial charge in [-0.05, 0) is 30.3 Å². The number of fused-ring (bicyclic) bond motifs is 1. The third-order valence-corrected chi connectivity index (χ3v) is 5.80. The van der Waals surface area contributed by atoms with Crippen LogP contribution < -0.4 is 10.2 Å². The fourth-order valence-electron chi connectivity index (χ4n) is 3.32. The molecule has 6 nitrogen and oxygen atoms in total. The van der Waals surface area contributed by atoms with Gasteiger partial charge in [0, 0.05) is 48.5 Å². The quantitative estimate of drug-likeness (QED) is 0.573. The number of anilines is 1. The molecule has 0 spiro atoms. The minimum Gasteiger partial charge on any atom is -0.346 e. The molecule has 3 aromatic heterocycles. The summed E-state index contributed by atoms with van der Waals surface area (Å²) in [7, 11) is 0. The zero-order chi connectivity index (χ0) is 18.2. The van der Waals surface area contributed by atoms with Gasteiger partial charge in [-0.2, -0.15) is 0 Å². The second-order valence-electron chi connectivity index (χ2n) is 6.36. The largest absolute Gasteiger partial charge is 0.346 e. The maximum atomic E-state index is 6.08. The molecular formula is C19H17ClN6S. The van der Waals surface area contributed by atoms with Crippen LogP contribution in [-0.2, 0) is 0 Å². The summed E-state index contributed by atoms with van der Waals surface area (Å²) in [4.78, 5) is 16.3. The summed E-state index contributed by atoms with van der Waals surface area (Å²) in [5.41, 5.74) is 3.71. The summed E-state index contributed by atoms with van der Waals surface area (Å²) in [5, 5.41) is 7.21. The van der Waals surface area contributed by atoms with Crippen LogP contribution in [0.2, 0.25) is 5.02 Å². The van der Waals surface area contributed by atoms with Gasteiger partial charge >= 0.3 is 0 Å². The highest BCUT2D eigenvalue weighted by Crippen LogP contribution is 2.32. The zero-order valence-electron chi connectivity index (χ0n) is 14.5. The maximum Gasteiger partial charge on any atom is 0.186 e. The standard InChI is InChI=1S/C19H17ClN6S/c20-13-1-3-14(4-2-13)26-17-11-22-6-5-15(17)23-18(26)16-12-27-19(24-16)25-9-7-21-8-10-25/h1-6,11-12,21H,7-10H2. The first-order chi connectivity index (χ1) is 13.3. The highest BCUT2D eigenvalue weighted by Gasteiger charge is 2.19.